The molecule has 1 aromatic carbocycles. The first-order chi connectivity index (χ1) is 9.65. The molecular weight excluding hydrogens is 257 g/mol. The van der Waals surface area contributed by atoms with Gasteiger partial charge in [-0.05, 0) is 48.9 Å². The molecular formula is C16H20FNO2. The molecule has 3 nitrogen and oxygen atoms in total. The number of methoxy groups -OCH3 is 1. The number of furan rings is 1. The Morgan fingerprint density at radius 3 is 2.75 bits per heavy atom. The van der Waals surface area contributed by atoms with Gasteiger partial charge in [-0.2, -0.15) is 0 Å². The van der Waals surface area contributed by atoms with E-state index in [-0.39, 0.29) is 11.9 Å². The summed E-state index contributed by atoms with van der Waals surface area (Å²) in [6.07, 6.45) is 0. The second-order valence-electron chi connectivity index (χ2n) is 4.73. The van der Waals surface area contributed by atoms with E-state index in [0.717, 1.165) is 29.2 Å². The van der Waals surface area contributed by atoms with Crippen LogP contribution in [0.5, 0.6) is 0 Å². The lowest BCUT2D eigenvalue weighted by molar-refractivity contribution is 0.162. The van der Waals surface area contributed by atoms with Gasteiger partial charge in [0.15, 0.2) is 0 Å². The van der Waals surface area contributed by atoms with Gasteiger partial charge >= 0.3 is 0 Å². The molecule has 0 bridgehead atoms. The smallest absolute Gasteiger partial charge is 0.129 e. The predicted molar refractivity (Wildman–Crippen MR) is 76.1 cm³/mol. The molecule has 0 saturated heterocycles. The van der Waals surface area contributed by atoms with E-state index < -0.39 is 0 Å². The summed E-state index contributed by atoms with van der Waals surface area (Å²) in [4.78, 5) is 0. The number of hydrogen-bond acceptors (Lipinski definition) is 3. The molecule has 0 radical (unpaired) electrons. The Balaban J connectivity index is 2.34. The molecule has 20 heavy (non-hydrogen) atoms. The minimum absolute atomic E-state index is 0.0776. The lowest BCUT2D eigenvalue weighted by atomic mass is 9.99. The van der Waals surface area contributed by atoms with E-state index in [1.165, 1.54) is 6.07 Å². The molecule has 0 spiro atoms. The molecule has 0 aliphatic rings. The van der Waals surface area contributed by atoms with E-state index in [4.69, 9.17) is 9.15 Å². The lowest BCUT2D eigenvalue weighted by Gasteiger charge is -2.18. The summed E-state index contributed by atoms with van der Waals surface area (Å²) < 4.78 is 24.1. The molecule has 2 rings (SSSR count). The summed E-state index contributed by atoms with van der Waals surface area (Å²) in [5.74, 6) is 1.37. The molecule has 0 fully saturated rings. The second kappa shape index (κ2) is 6.68. The molecule has 4 heteroatoms. The van der Waals surface area contributed by atoms with Gasteiger partial charge in [0.25, 0.3) is 0 Å². The van der Waals surface area contributed by atoms with Crippen molar-refractivity contribution < 1.29 is 13.5 Å². The van der Waals surface area contributed by atoms with Crippen LogP contribution in [-0.2, 0) is 11.3 Å². The molecule has 0 saturated carbocycles. The monoisotopic (exact) mass is 277 g/mol. The van der Waals surface area contributed by atoms with Gasteiger partial charge in [0, 0.05) is 7.11 Å². The zero-order valence-electron chi connectivity index (χ0n) is 12.1. The van der Waals surface area contributed by atoms with E-state index in [1.54, 1.807) is 19.2 Å². The van der Waals surface area contributed by atoms with Crippen molar-refractivity contribution in [2.75, 3.05) is 13.7 Å². The highest BCUT2D eigenvalue weighted by molar-refractivity contribution is 5.34. The van der Waals surface area contributed by atoms with Gasteiger partial charge in [-0.25, -0.2) is 4.39 Å². The summed E-state index contributed by atoms with van der Waals surface area (Å²) in [7, 11) is 1.63. The third-order valence-corrected chi connectivity index (χ3v) is 3.20. The maximum absolute atomic E-state index is 13.2. The minimum Gasteiger partial charge on any atom is -0.462 e. The summed E-state index contributed by atoms with van der Waals surface area (Å²) in [6.45, 7) is 5.18. The molecule has 0 aliphatic carbocycles. The van der Waals surface area contributed by atoms with Gasteiger partial charge in [-0.3, -0.25) is 0 Å². The fourth-order valence-electron chi connectivity index (χ4n) is 2.30. The van der Waals surface area contributed by atoms with Gasteiger partial charge in [0.1, 0.15) is 23.9 Å². The van der Waals surface area contributed by atoms with E-state index >= 15 is 0 Å². The fourth-order valence-corrected chi connectivity index (χ4v) is 2.30. The second-order valence-corrected chi connectivity index (χ2v) is 4.73. The SMILES string of the molecule is CCNC(c1ccc(COC)o1)c1ccc(F)cc1C. The fraction of sp³-hybridized carbons (Fsp3) is 0.375. The van der Waals surface area contributed by atoms with Crippen LogP contribution in [0.2, 0.25) is 0 Å². The Hall–Kier alpha value is -1.65. The van der Waals surface area contributed by atoms with Crippen molar-refractivity contribution in [3.63, 3.8) is 0 Å². The van der Waals surface area contributed by atoms with Crippen molar-refractivity contribution in [1.29, 1.82) is 0 Å². The average molecular weight is 277 g/mol. The summed E-state index contributed by atoms with van der Waals surface area (Å²) >= 11 is 0. The first kappa shape index (κ1) is 14.8. The van der Waals surface area contributed by atoms with E-state index in [9.17, 15) is 4.39 Å². The average Bonchev–Trinajstić information content (AvgIpc) is 2.86. The zero-order chi connectivity index (χ0) is 14.5. The highest BCUT2D eigenvalue weighted by atomic mass is 19.1. The normalized spacial score (nSPS) is 12.6. The van der Waals surface area contributed by atoms with Crippen molar-refractivity contribution in [3.05, 3.63) is 58.8 Å². The molecule has 108 valence electrons. The van der Waals surface area contributed by atoms with Crippen LogP contribution in [0, 0.1) is 12.7 Å². The van der Waals surface area contributed by atoms with Crippen molar-refractivity contribution in [2.24, 2.45) is 0 Å². The first-order valence-corrected chi connectivity index (χ1v) is 6.72. The van der Waals surface area contributed by atoms with Gasteiger partial charge < -0.3 is 14.5 Å². The van der Waals surface area contributed by atoms with Crippen LogP contribution in [-0.4, -0.2) is 13.7 Å². The molecule has 0 amide bonds. The minimum atomic E-state index is -0.221. The number of aryl methyl sites for hydroxylation is 1. The Bertz CT molecular complexity index is 565. The topological polar surface area (TPSA) is 34.4 Å². The molecule has 1 heterocycles. The van der Waals surface area contributed by atoms with E-state index in [0.29, 0.717) is 6.61 Å². The summed E-state index contributed by atoms with van der Waals surface area (Å²) in [6, 6.07) is 8.58. The third-order valence-electron chi connectivity index (χ3n) is 3.20. The lowest BCUT2D eigenvalue weighted by Crippen LogP contribution is -2.22. The van der Waals surface area contributed by atoms with Gasteiger partial charge in [-0.15, -0.1) is 0 Å². The van der Waals surface area contributed by atoms with Crippen LogP contribution >= 0.6 is 0 Å². The molecule has 1 atom stereocenters. The number of nitrogens with one attached hydrogen (secondary N) is 1. The Morgan fingerprint density at radius 1 is 1.30 bits per heavy atom. The van der Waals surface area contributed by atoms with E-state index in [1.807, 2.05) is 26.0 Å². The van der Waals surface area contributed by atoms with Crippen molar-refractivity contribution in [2.45, 2.75) is 26.5 Å². The largest absolute Gasteiger partial charge is 0.462 e. The number of benzene rings is 1. The van der Waals surface area contributed by atoms with Gasteiger partial charge in [0.2, 0.25) is 0 Å². The standard InChI is InChI=1S/C16H20FNO2/c1-4-18-16(14-7-5-12(17)9-11(14)2)15-8-6-13(20-15)10-19-3/h5-9,16,18H,4,10H2,1-3H3. The predicted octanol–water partition coefficient (Wildman–Crippen LogP) is 3.57. The highest BCUT2D eigenvalue weighted by Crippen LogP contribution is 2.27. The van der Waals surface area contributed by atoms with Gasteiger partial charge in [-0.1, -0.05) is 13.0 Å². The van der Waals surface area contributed by atoms with Crippen molar-refractivity contribution >= 4 is 0 Å². The van der Waals surface area contributed by atoms with Crippen molar-refractivity contribution in [3.8, 4) is 0 Å². The van der Waals surface area contributed by atoms with Crippen LogP contribution in [0.25, 0.3) is 0 Å². The molecule has 1 N–H and O–H groups in total. The summed E-state index contributed by atoms with van der Waals surface area (Å²) in [5.41, 5.74) is 1.92. The Labute approximate surface area is 118 Å². The Kier molecular flexibility index (Phi) is 4.93. The molecule has 2 aromatic rings. The summed E-state index contributed by atoms with van der Waals surface area (Å²) in [5, 5.41) is 3.37. The molecule has 1 unspecified atom stereocenters. The van der Waals surface area contributed by atoms with Crippen LogP contribution in [0.4, 0.5) is 4.39 Å². The molecule has 0 aliphatic heterocycles. The number of hydrogen-bond donors (Lipinski definition) is 1. The maximum Gasteiger partial charge on any atom is 0.129 e. The number of ether oxygens (including phenoxy) is 1. The quantitative estimate of drug-likeness (QED) is 0.876. The van der Waals surface area contributed by atoms with Crippen molar-refractivity contribution in [1.82, 2.24) is 5.32 Å². The maximum atomic E-state index is 13.2. The van der Waals surface area contributed by atoms with Gasteiger partial charge in [0.05, 0.1) is 6.04 Å². The zero-order valence-corrected chi connectivity index (χ0v) is 12.1. The Morgan fingerprint density at radius 2 is 2.10 bits per heavy atom. The number of rotatable bonds is 6. The van der Waals surface area contributed by atoms with Crippen LogP contribution in [0.15, 0.2) is 34.7 Å². The van der Waals surface area contributed by atoms with Crippen LogP contribution in [0.3, 0.4) is 0 Å². The third kappa shape index (κ3) is 3.26. The van der Waals surface area contributed by atoms with E-state index in [2.05, 4.69) is 5.32 Å². The van der Waals surface area contributed by atoms with Crippen LogP contribution in [0.1, 0.15) is 35.6 Å². The van der Waals surface area contributed by atoms with Crippen LogP contribution < -0.4 is 5.32 Å². The highest BCUT2D eigenvalue weighted by Gasteiger charge is 2.19. The first-order valence-electron chi connectivity index (χ1n) is 6.72. The molecule has 1 aromatic heterocycles. The number of halogens is 1.